The van der Waals surface area contributed by atoms with E-state index in [-0.39, 0.29) is 17.8 Å². The third-order valence-corrected chi connectivity index (χ3v) is 7.85. The Hall–Kier alpha value is -2.72. The lowest BCUT2D eigenvalue weighted by molar-refractivity contribution is 0.0984. The fourth-order valence-corrected chi connectivity index (χ4v) is 5.48. The van der Waals surface area contributed by atoms with Gasteiger partial charge in [-0.3, -0.25) is 0 Å². The summed E-state index contributed by atoms with van der Waals surface area (Å²) in [6.45, 7) is 8.14. The van der Waals surface area contributed by atoms with Crippen molar-refractivity contribution >= 4 is 27.4 Å². The number of morpholine rings is 1. The van der Waals surface area contributed by atoms with Crippen LogP contribution in [0.4, 0.5) is 16.3 Å². The van der Waals surface area contributed by atoms with Crippen LogP contribution in [-0.2, 0) is 20.3 Å². The fraction of sp³-hybridized carbons (Fsp3) is 0.500. The van der Waals surface area contributed by atoms with Gasteiger partial charge in [-0.25, -0.2) is 23.2 Å². The van der Waals surface area contributed by atoms with Gasteiger partial charge in [0.25, 0.3) is 0 Å². The molecule has 1 aromatic heterocycles. The number of carbonyl (C=O) groups is 1. The number of hydrogen-bond acceptors (Lipinski definition) is 7. The molecule has 9 nitrogen and oxygen atoms in total. The molecular formula is C22H29N5O4S. The maximum atomic E-state index is 12.6. The second-order valence-corrected chi connectivity index (χ2v) is 10.6. The van der Waals surface area contributed by atoms with E-state index < -0.39 is 15.1 Å². The third kappa shape index (κ3) is 4.42. The topological polar surface area (TPSA) is 114 Å². The number of hydrogen-bond donors (Lipinski definition) is 2. The first-order valence-corrected chi connectivity index (χ1v) is 12.6. The average Bonchev–Trinajstić information content (AvgIpc) is 3.01. The zero-order chi connectivity index (χ0) is 22.9. The van der Waals surface area contributed by atoms with Gasteiger partial charge in [0.1, 0.15) is 5.82 Å². The number of amides is 2. The molecule has 2 atom stereocenters. The van der Waals surface area contributed by atoms with E-state index in [9.17, 15) is 13.2 Å². The molecule has 3 heterocycles. The van der Waals surface area contributed by atoms with E-state index in [0.717, 1.165) is 12.0 Å². The Morgan fingerprint density at radius 2 is 1.97 bits per heavy atom. The zero-order valence-corrected chi connectivity index (χ0v) is 19.4. The van der Waals surface area contributed by atoms with Crippen molar-refractivity contribution in [3.63, 3.8) is 0 Å². The molecule has 1 aromatic carbocycles. The molecule has 2 N–H and O–H groups in total. The smallest absolute Gasteiger partial charge is 0.319 e. The van der Waals surface area contributed by atoms with Crippen LogP contribution in [0, 0.1) is 0 Å². The monoisotopic (exact) mass is 459 g/mol. The summed E-state index contributed by atoms with van der Waals surface area (Å²) in [5.74, 6) is 1.07. The van der Waals surface area contributed by atoms with Crippen molar-refractivity contribution in [3.05, 3.63) is 35.5 Å². The average molecular weight is 460 g/mol. The molecular weight excluding hydrogens is 430 g/mol. The number of fused-ring (bicyclic) bond motifs is 1. The van der Waals surface area contributed by atoms with Gasteiger partial charge in [0.2, 0.25) is 0 Å². The molecule has 2 aliphatic heterocycles. The van der Waals surface area contributed by atoms with Crippen molar-refractivity contribution in [1.29, 1.82) is 0 Å². The van der Waals surface area contributed by atoms with Crippen molar-refractivity contribution in [2.24, 2.45) is 0 Å². The van der Waals surface area contributed by atoms with Gasteiger partial charge in [-0.15, -0.1) is 0 Å². The Labute approximate surface area is 188 Å². The number of carbonyl (C=O) groups excluding carboxylic acids is 1. The van der Waals surface area contributed by atoms with E-state index in [4.69, 9.17) is 9.72 Å². The minimum atomic E-state index is -3.30. The van der Waals surface area contributed by atoms with E-state index in [1.807, 2.05) is 26.0 Å². The molecule has 0 bridgehead atoms. The highest BCUT2D eigenvalue weighted by atomic mass is 32.2. The standard InChI is InChI=1S/C22H29N5O4S/c1-4-9-23-22(28)24-17-7-5-16(6-8-17)20-25-18-13-32(29,30)15(3)19(18)21(26-20)27-10-11-31-12-14(27)2/h5-8,14-15H,4,9-13H2,1-3H3,(H2,23,24,28). The lowest BCUT2D eigenvalue weighted by Gasteiger charge is -2.35. The Kier molecular flexibility index (Phi) is 6.34. The first-order valence-electron chi connectivity index (χ1n) is 10.9. The van der Waals surface area contributed by atoms with Crippen molar-refractivity contribution in [1.82, 2.24) is 15.3 Å². The normalized spacial score (nSPS) is 21.8. The predicted octanol–water partition coefficient (Wildman–Crippen LogP) is 2.89. The number of anilines is 2. The molecule has 1 saturated heterocycles. The van der Waals surface area contributed by atoms with Gasteiger partial charge < -0.3 is 20.3 Å². The van der Waals surface area contributed by atoms with Crippen LogP contribution in [0.2, 0.25) is 0 Å². The number of urea groups is 1. The van der Waals surface area contributed by atoms with Crippen molar-refractivity contribution in [2.45, 2.75) is 44.2 Å². The van der Waals surface area contributed by atoms with Gasteiger partial charge in [0, 0.05) is 29.9 Å². The number of ether oxygens (including phenoxy) is 1. The highest BCUT2D eigenvalue weighted by Crippen LogP contribution is 2.42. The molecule has 0 spiro atoms. The van der Waals surface area contributed by atoms with E-state index in [0.29, 0.717) is 54.9 Å². The quantitative estimate of drug-likeness (QED) is 0.707. The van der Waals surface area contributed by atoms with Gasteiger partial charge in [-0.05, 0) is 44.5 Å². The molecule has 0 saturated carbocycles. The van der Waals surface area contributed by atoms with Gasteiger partial charge in [-0.1, -0.05) is 6.92 Å². The SMILES string of the molecule is CCCNC(=O)Nc1ccc(-c2nc3c(c(N4CCOCC4C)n2)C(C)S(=O)(=O)C3)cc1. The van der Waals surface area contributed by atoms with Crippen molar-refractivity contribution < 1.29 is 17.9 Å². The van der Waals surface area contributed by atoms with E-state index in [1.165, 1.54) is 0 Å². The third-order valence-electron chi connectivity index (χ3n) is 5.86. The fourth-order valence-electron chi connectivity index (χ4n) is 4.03. The molecule has 0 radical (unpaired) electrons. The predicted molar refractivity (Wildman–Crippen MR) is 123 cm³/mol. The Bertz CT molecular complexity index is 1100. The number of sulfone groups is 1. The van der Waals surface area contributed by atoms with Crippen LogP contribution in [-0.4, -0.2) is 56.8 Å². The Morgan fingerprint density at radius 3 is 2.66 bits per heavy atom. The summed E-state index contributed by atoms with van der Waals surface area (Å²) < 4.78 is 30.9. The minimum Gasteiger partial charge on any atom is -0.377 e. The van der Waals surface area contributed by atoms with E-state index >= 15 is 0 Å². The van der Waals surface area contributed by atoms with Crippen molar-refractivity contribution in [2.75, 3.05) is 36.5 Å². The molecule has 2 unspecified atom stereocenters. The van der Waals surface area contributed by atoms with Crippen LogP contribution < -0.4 is 15.5 Å². The first-order chi connectivity index (χ1) is 15.3. The molecule has 32 heavy (non-hydrogen) atoms. The van der Waals surface area contributed by atoms with Gasteiger partial charge in [0.05, 0.1) is 36.0 Å². The summed E-state index contributed by atoms with van der Waals surface area (Å²) in [5.41, 5.74) is 2.68. The maximum Gasteiger partial charge on any atom is 0.319 e. The van der Waals surface area contributed by atoms with Gasteiger partial charge >= 0.3 is 6.03 Å². The maximum absolute atomic E-state index is 12.6. The minimum absolute atomic E-state index is 0.0814. The summed E-state index contributed by atoms with van der Waals surface area (Å²) in [4.78, 5) is 23.5. The Balaban J connectivity index is 1.68. The summed E-state index contributed by atoms with van der Waals surface area (Å²) in [6, 6.07) is 7.06. The van der Waals surface area contributed by atoms with E-state index in [1.54, 1.807) is 19.1 Å². The molecule has 2 amide bonds. The lowest BCUT2D eigenvalue weighted by Crippen LogP contribution is -2.44. The van der Waals surface area contributed by atoms with Gasteiger partial charge in [-0.2, -0.15) is 0 Å². The second kappa shape index (κ2) is 9.03. The number of benzene rings is 1. The van der Waals surface area contributed by atoms with Crippen LogP contribution in [0.25, 0.3) is 11.4 Å². The molecule has 2 aromatic rings. The number of nitrogens with zero attached hydrogens (tertiary/aromatic N) is 3. The highest BCUT2D eigenvalue weighted by molar-refractivity contribution is 7.91. The van der Waals surface area contributed by atoms with Crippen molar-refractivity contribution in [3.8, 4) is 11.4 Å². The Morgan fingerprint density at radius 1 is 1.22 bits per heavy atom. The van der Waals surface area contributed by atoms with Crippen LogP contribution in [0.3, 0.4) is 0 Å². The molecule has 2 aliphatic rings. The highest BCUT2D eigenvalue weighted by Gasteiger charge is 2.40. The first kappa shape index (κ1) is 22.5. The van der Waals surface area contributed by atoms with Crippen LogP contribution >= 0.6 is 0 Å². The molecule has 4 rings (SSSR count). The van der Waals surface area contributed by atoms with Crippen LogP contribution in [0.5, 0.6) is 0 Å². The second-order valence-electron chi connectivity index (χ2n) is 8.26. The molecule has 172 valence electrons. The van der Waals surface area contributed by atoms with Gasteiger partial charge in [0.15, 0.2) is 15.7 Å². The number of nitrogens with one attached hydrogen (secondary N) is 2. The van der Waals surface area contributed by atoms with Crippen LogP contribution in [0.1, 0.15) is 43.7 Å². The molecule has 10 heteroatoms. The summed E-state index contributed by atoms with van der Waals surface area (Å²) in [7, 11) is -3.30. The lowest BCUT2D eigenvalue weighted by atomic mass is 10.1. The largest absolute Gasteiger partial charge is 0.377 e. The zero-order valence-electron chi connectivity index (χ0n) is 18.6. The molecule has 1 fully saturated rings. The van der Waals surface area contributed by atoms with Crippen LogP contribution in [0.15, 0.2) is 24.3 Å². The molecule has 0 aliphatic carbocycles. The van der Waals surface area contributed by atoms with E-state index in [2.05, 4.69) is 20.5 Å². The summed E-state index contributed by atoms with van der Waals surface area (Å²) in [5, 5.41) is 4.92. The summed E-state index contributed by atoms with van der Waals surface area (Å²) in [6.07, 6.45) is 0.862. The number of aromatic nitrogens is 2. The number of rotatable bonds is 5. The summed E-state index contributed by atoms with van der Waals surface area (Å²) >= 11 is 0.